The third-order valence-electron chi connectivity index (χ3n) is 3.53. The number of aromatic nitrogens is 2. The first-order valence-electron chi connectivity index (χ1n) is 6.64. The quantitative estimate of drug-likeness (QED) is 0.623. The second-order valence-electron chi connectivity index (χ2n) is 4.85. The predicted octanol–water partition coefficient (Wildman–Crippen LogP) is 2.23. The van der Waals surface area contributed by atoms with Gasteiger partial charge < -0.3 is 9.15 Å². The van der Waals surface area contributed by atoms with Crippen LogP contribution in [-0.2, 0) is 18.2 Å². The van der Waals surface area contributed by atoms with Crippen LogP contribution in [-0.4, -0.2) is 28.6 Å². The fraction of sp³-hybridized carbons (Fsp3) is 0.400. The van der Waals surface area contributed by atoms with Crippen LogP contribution in [0.5, 0.6) is 0 Å². The fourth-order valence-corrected chi connectivity index (χ4v) is 2.24. The molecule has 0 atom stereocenters. The molecule has 2 rings (SSSR count). The number of ketones is 1. The monoisotopic (exact) mass is 290 g/mol. The smallest absolute Gasteiger partial charge is 0.373 e. The van der Waals surface area contributed by atoms with Crippen LogP contribution >= 0.6 is 0 Å². The van der Waals surface area contributed by atoms with Gasteiger partial charge in [0.2, 0.25) is 5.76 Å². The van der Waals surface area contributed by atoms with E-state index < -0.39 is 5.97 Å². The highest BCUT2D eigenvalue weighted by molar-refractivity contribution is 5.95. The molecule has 6 nitrogen and oxygen atoms in total. The Balaban J connectivity index is 2.05. The van der Waals surface area contributed by atoms with Gasteiger partial charge in [0, 0.05) is 19.2 Å². The Labute approximate surface area is 122 Å². The van der Waals surface area contributed by atoms with Crippen LogP contribution in [0, 0.1) is 13.8 Å². The molecule has 0 bridgehead atoms. The number of Topliss-reactive ketones (excluding diaryl/α,β-unsaturated/α-hetero) is 1. The minimum absolute atomic E-state index is 0.0367. The van der Waals surface area contributed by atoms with Crippen molar-refractivity contribution in [2.75, 3.05) is 7.11 Å². The fourth-order valence-electron chi connectivity index (χ4n) is 2.24. The van der Waals surface area contributed by atoms with Crippen LogP contribution in [0.4, 0.5) is 0 Å². The molecule has 0 N–H and O–H groups in total. The zero-order valence-corrected chi connectivity index (χ0v) is 12.6. The van der Waals surface area contributed by atoms with Crippen LogP contribution in [0.1, 0.15) is 44.5 Å². The van der Waals surface area contributed by atoms with E-state index >= 15 is 0 Å². The summed E-state index contributed by atoms with van der Waals surface area (Å²) in [5, 5.41) is 4.32. The molecule has 0 amide bonds. The van der Waals surface area contributed by atoms with E-state index in [1.54, 1.807) is 4.68 Å². The van der Waals surface area contributed by atoms with Crippen LogP contribution in [0.15, 0.2) is 16.5 Å². The van der Waals surface area contributed by atoms with Crippen molar-refractivity contribution >= 4 is 11.8 Å². The maximum absolute atomic E-state index is 12.1. The van der Waals surface area contributed by atoms with Gasteiger partial charge in [-0.15, -0.1) is 0 Å². The summed E-state index contributed by atoms with van der Waals surface area (Å²) in [6.07, 6.45) is 0.903. The Morgan fingerprint density at radius 2 is 1.95 bits per heavy atom. The number of carbonyl (C=O) groups is 2. The number of carbonyl (C=O) groups excluding carboxylic acids is 2. The summed E-state index contributed by atoms with van der Waals surface area (Å²) >= 11 is 0. The van der Waals surface area contributed by atoms with E-state index in [0.29, 0.717) is 12.8 Å². The molecule has 0 aromatic carbocycles. The summed E-state index contributed by atoms with van der Waals surface area (Å²) in [7, 11) is 3.14. The SMILES string of the molecule is COC(=O)c1ccc(C(=O)CCc2c(C)nn(C)c2C)o1. The van der Waals surface area contributed by atoms with Gasteiger partial charge >= 0.3 is 5.97 Å². The summed E-state index contributed by atoms with van der Waals surface area (Å²) in [6.45, 7) is 3.90. The van der Waals surface area contributed by atoms with Crippen LogP contribution in [0.2, 0.25) is 0 Å². The summed E-state index contributed by atoms with van der Waals surface area (Å²) in [5.74, 6) is -0.523. The zero-order valence-electron chi connectivity index (χ0n) is 12.6. The van der Waals surface area contributed by atoms with Gasteiger partial charge in [0.1, 0.15) is 0 Å². The van der Waals surface area contributed by atoms with E-state index in [2.05, 4.69) is 9.84 Å². The van der Waals surface area contributed by atoms with Gasteiger partial charge in [0.25, 0.3) is 0 Å². The number of rotatable bonds is 5. The number of aryl methyl sites for hydroxylation is 2. The topological polar surface area (TPSA) is 74.3 Å². The van der Waals surface area contributed by atoms with E-state index in [1.165, 1.54) is 19.2 Å². The van der Waals surface area contributed by atoms with Crippen molar-refractivity contribution in [2.24, 2.45) is 7.05 Å². The van der Waals surface area contributed by atoms with Gasteiger partial charge in [0.15, 0.2) is 11.5 Å². The Bertz CT molecular complexity index is 682. The van der Waals surface area contributed by atoms with Gasteiger partial charge in [-0.3, -0.25) is 9.48 Å². The van der Waals surface area contributed by atoms with Crippen LogP contribution in [0.25, 0.3) is 0 Å². The highest BCUT2D eigenvalue weighted by Crippen LogP contribution is 2.17. The number of nitrogens with zero attached hydrogens (tertiary/aromatic N) is 2. The summed E-state index contributed by atoms with van der Waals surface area (Å²) in [5.41, 5.74) is 3.05. The molecule has 0 unspecified atom stereocenters. The first-order valence-corrected chi connectivity index (χ1v) is 6.64. The number of methoxy groups -OCH3 is 1. The average molecular weight is 290 g/mol. The average Bonchev–Trinajstić information content (AvgIpc) is 3.03. The lowest BCUT2D eigenvalue weighted by Gasteiger charge is -2.01. The lowest BCUT2D eigenvalue weighted by atomic mass is 10.1. The lowest BCUT2D eigenvalue weighted by molar-refractivity contribution is 0.0563. The minimum atomic E-state index is -0.590. The molecule has 2 heterocycles. The zero-order chi connectivity index (χ0) is 15.6. The third-order valence-corrected chi connectivity index (χ3v) is 3.53. The van der Waals surface area contributed by atoms with Crippen molar-refractivity contribution in [2.45, 2.75) is 26.7 Å². The molecule has 0 aliphatic heterocycles. The number of hydrogen-bond acceptors (Lipinski definition) is 5. The van der Waals surface area contributed by atoms with E-state index in [1.807, 2.05) is 20.9 Å². The maximum atomic E-state index is 12.1. The molecule has 2 aromatic heterocycles. The van der Waals surface area contributed by atoms with Gasteiger partial charge in [-0.05, 0) is 38.0 Å². The molecule has 0 aliphatic carbocycles. The van der Waals surface area contributed by atoms with Gasteiger partial charge in [0.05, 0.1) is 12.8 Å². The predicted molar refractivity (Wildman–Crippen MR) is 75.4 cm³/mol. The molecule has 21 heavy (non-hydrogen) atoms. The van der Waals surface area contributed by atoms with Crippen molar-refractivity contribution in [1.82, 2.24) is 9.78 Å². The van der Waals surface area contributed by atoms with E-state index in [4.69, 9.17) is 4.42 Å². The molecule has 0 saturated carbocycles. The molecular formula is C15H18N2O4. The summed E-state index contributed by atoms with van der Waals surface area (Å²) in [4.78, 5) is 23.4. The number of ether oxygens (including phenoxy) is 1. The Morgan fingerprint density at radius 1 is 1.29 bits per heavy atom. The van der Waals surface area contributed by atoms with Crippen LogP contribution < -0.4 is 0 Å². The second kappa shape index (κ2) is 5.95. The lowest BCUT2D eigenvalue weighted by Crippen LogP contribution is -2.02. The first kappa shape index (κ1) is 15.0. The number of esters is 1. The van der Waals surface area contributed by atoms with E-state index in [0.717, 1.165) is 17.0 Å². The van der Waals surface area contributed by atoms with Crippen LogP contribution in [0.3, 0.4) is 0 Å². The summed E-state index contributed by atoms with van der Waals surface area (Å²) < 4.78 is 11.5. The highest BCUT2D eigenvalue weighted by Gasteiger charge is 2.17. The summed E-state index contributed by atoms with van der Waals surface area (Å²) in [6, 6.07) is 2.94. The highest BCUT2D eigenvalue weighted by atomic mass is 16.5. The normalized spacial score (nSPS) is 10.7. The minimum Gasteiger partial charge on any atom is -0.463 e. The van der Waals surface area contributed by atoms with E-state index in [-0.39, 0.29) is 17.3 Å². The van der Waals surface area contributed by atoms with Crippen molar-refractivity contribution in [3.8, 4) is 0 Å². The molecular weight excluding hydrogens is 272 g/mol. The van der Waals surface area contributed by atoms with Crippen molar-refractivity contribution in [3.05, 3.63) is 40.6 Å². The third kappa shape index (κ3) is 3.04. The maximum Gasteiger partial charge on any atom is 0.373 e. The first-order chi connectivity index (χ1) is 9.93. The molecule has 0 radical (unpaired) electrons. The molecule has 0 aliphatic rings. The standard InChI is InChI=1S/C15H18N2O4/c1-9-11(10(2)17(3)16-9)5-6-12(18)13-7-8-14(21-13)15(19)20-4/h7-8H,5-6H2,1-4H3. The number of furan rings is 1. The largest absolute Gasteiger partial charge is 0.463 e. The van der Waals surface area contributed by atoms with Crippen molar-refractivity contribution in [1.29, 1.82) is 0 Å². The molecule has 0 saturated heterocycles. The van der Waals surface area contributed by atoms with Crippen molar-refractivity contribution < 1.29 is 18.7 Å². The molecule has 2 aromatic rings. The molecule has 112 valence electrons. The second-order valence-corrected chi connectivity index (χ2v) is 4.85. The molecule has 0 fully saturated rings. The van der Waals surface area contributed by atoms with Gasteiger partial charge in [-0.2, -0.15) is 5.10 Å². The Kier molecular flexibility index (Phi) is 4.26. The Morgan fingerprint density at radius 3 is 2.52 bits per heavy atom. The molecule has 0 spiro atoms. The van der Waals surface area contributed by atoms with Crippen molar-refractivity contribution in [3.63, 3.8) is 0 Å². The number of hydrogen-bond donors (Lipinski definition) is 0. The Hall–Kier alpha value is -2.37. The van der Waals surface area contributed by atoms with E-state index in [9.17, 15) is 9.59 Å². The molecule has 6 heteroatoms. The van der Waals surface area contributed by atoms with Gasteiger partial charge in [-0.25, -0.2) is 4.79 Å². The van der Waals surface area contributed by atoms with Gasteiger partial charge in [-0.1, -0.05) is 0 Å².